The van der Waals surface area contributed by atoms with Crippen LogP contribution in [0.4, 0.5) is 0 Å². The number of phenols is 12. The van der Waals surface area contributed by atoms with Crippen LogP contribution < -0.4 is 5.63 Å². The number of Topliss-reactive ketones (excluding diaryl/α,β-unsaturated/α-hetero) is 1. The summed E-state index contributed by atoms with van der Waals surface area (Å²) in [6.45, 7) is -1.19. The summed E-state index contributed by atoms with van der Waals surface area (Å²) in [5, 5.41) is 131. The topological polar surface area (TPSA) is 425 Å². The maximum absolute atomic E-state index is 14.3. The van der Waals surface area contributed by atoms with Crippen molar-refractivity contribution in [3.63, 3.8) is 0 Å². The highest BCUT2D eigenvalue weighted by Crippen LogP contribution is 2.48. The minimum absolute atomic E-state index is 0.564. The van der Waals surface area contributed by atoms with Gasteiger partial charge in [0.15, 0.2) is 93.1 Å². The van der Waals surface area contributed by atoms with Crippen LogP contribution in [0.15, 0.2) is 51.7 Å². The van der Waals surface area contributed by atoms with Gasteiger partial charge in [0.2, 0.25) is 12.0 Å². The van der Waals surface area contributed by atoms with Crippen LogP contribution in [0.2, 0.25) is 0 Å². The third-order valence-electron chi connectivity index (χ3n) is 10.1. The van der Waals surface area contributed by atoms with Crippen LogP contribution in [0.3, 0.4) is 0 Å². The number of ether oxygens (including phenoxy) is 5. The molecule has 0 amide bonds. The molecule has 0 unspecified atom stereocenters. The first kappa shape index (κ1) is 44.2. The highest BCUT2D eigenvalue weighted by atomic mass is 16.7. The van der Waals surface area contributed by atoms with Crippen LogP contribution in [0.1, 0.15) is 59.5 Å². The number of hydrogen-bond acceptors (Lipinski definition) is 25. The van der Waals surface area contributed by atoms with E-state index in [0.717, 1.165) is 0 Å². The molecule has 1 aliphatic heterocycles. The molecule has 1 saturated heterocycles. The van der Waals surface area contributed by atoms with E-state index < -0.39 is 193 Å². The molecular formula is C40H30O25. The quantitative estimate of drug-likeness (QED) is 0.0554. The van der Waals surface area contributed by atoms with Crippen LogP contribution in [-0.2, 0) is 28.5 Å². The van der Waals surface area contributed by atoms with Gasteiger partial charge < -0.3 is 94.5 Å². The summed E-state index contributed by atoms with van der Waals surface area (Å²) >= 11 is 0. The Bertz CT molecular complexity index is 2850. The maximum atomic E-state index is 14.3. The number of phenolic OH excluding ortho intramolecular Hbond substituents is 12. The fourth-order valence-corrected chi connectivity index (χ4v) is 6.91. The Morgan fingerprint density at radius 1 is 0.569 bits per heavy atom. The number of ketones is 1. The van der Waals surface area contributed by atoms with Gasteiger partial charge in [-0.05, 0) is 42.5 Å². The summed E-state index contributed by atoms with van der Waals surface area (Å²) in [5.74, 6) is -22.6. The van der Waals surface area contributed by atoms with Gasteiger partial charge >= 0.3 is 29.5 Å². The first-order valence-electron chi connectivity index (χ1n) is 18.2. The first-order chi connectivity index (χ1) is 30.6. The Labute approximate surface area is 358 Å². The fourth-order valence-electron chi connectivity index (χ4n) is 6.91. The van der Waals surface area contributed by atoms with Gasteiger partial charge in [-0.3, -0.25) is 9.59 Å². The number of hydrogen-bond donors (Lipinski definition) is 13. The average Bonchev–Trinajstić information content (AvgIpc) is 3.58. The van der Waals surface area contributed by atoms with Crippen molar-refractivity contribution in [2.45, 2.75) is 43.0 Å². The molecule has 65 heavy (non-hydrogen) atoms. The second-order valence-corrected chi connectivity index (χ2v) is 14.2. The zero-order valence-corrected chi connectivity index (χ0v) is 32.1. The normalized spacial score (nSPS) is 20.2. The van der Waals surface area contributed by atoms with Gasteiger partial charge in [0.25, 0.3) is 0 Å². The van der Waals surface area contributed by atoms with Crippen molar-refractivity contribution in [3.8, 4) is 69.0 Å². The zero-order valence-electron chi connectivity index (χ0n) is 32.1. The summed E-state index contributed by atoms with van der Waals surface area (Å²) in [7, 11) is 0. The molecule has 7 rings (SSSR count). The summed E-state index contributed by atoms with van der Waals surface area (Å²) in [5.41, 5.74) is -3.95. The van der Waals surface area contributed by atoms with Gasteiger partial charge in [-0.25, -0.2) is 19.2 Å². The van der Waals surface area contributed by atoms with Crippen LogP contribution in [0.25, 0.3) is 10.8 Å². The molecule has 1 fully saturated rings. The number of fused-ring (bicyclic) bond motifs is 3. The van der Waals surface area contributed by atoms with Crippen molar-refractivity contribution in [2.75, 3.05) is 6.61 Å². The lowest BCUT2D eigenvalue weighted by molar-refractivity contribution is -0.288. The Kier molecular flexibility index (Phi) is 11.2. The zero-order chi connectivity index (χ0) is 47.5. The summed E-state index contributed by atoms with van der Waals surface area (Å²) in [4.78, 5) is 80.4. The smallest absolute Gasteiger partial charge is 0.344 e. The lowest BCUT2D eigenvalue weighted by atomic mass is 9.95. The molecular weight excluding hydrogens is 880 g/mol. The van der Waals surface area contributed by atoms with Gasteiger partial charge in [-0.2, -0.15) is 0 Å². The lowest BCUT2D eigenvalue weighted by Crippen LogP contribution is -2.62. The summed E-state index contributed by atoms with van der Waals surface area (Å²) in [6.07, 6.45) is -12.6. The van der Waals surface area contributed by atoms with E-state index in [-0.39, 0.29) is 0 Å². The van der Waals surface area contributed by atoms with Crippen molar-refractivity contribution in [2.24, 2.45) is 0 Å². The lowest BCUT2D eigenvalue weighted by Gasteiger charge is -2.42. The molecule has 25 nitrogen and oxygen atoms in total. The molecule has 6 atom stereocenters. The van der Waals surface area contributed by atoms with Gasteiger partial charge in [-0.1, -0.05) is 0 Å². The van der Waals surface area contributed by atoms with Crippen LogP contribution in [0, 0.1) is 0 Å². The second kappa shape index (κ2) is 16.5. The molecule has 1 aliphatic carbocycles. The average molecular weight is 911 g/mol. The highest BCUT2D eigenvalue weighted by molar-refractivity contribution is 6.10. The van der Waals surface area contributed by atoms with Crippen molar-refractivity contribution in [3.05, 3.63) is 80.9 Å². The highest BCUT2D eigenvalue weighted by Gasteiger charge is 2.53. The Balaban J connectivity index is 1.31. The van der Waals surface area contributed by atoms with Crippen LogP contribution >= 0.6 is 0 Å². The number of esters is 4. The molecule has 0 spiro atoms. The van der Waals surface area contributed by atoms with Gasteiger partial charge in [0, 0.05) is 17.4 Å². The van der Waals surface area contributed by atoms with E-state index in [0.29, 0.717) is 42.5 Å². The Morgan fingerprint density at radius 3 is 1.54 bits per heavy atom. The van der Waals surface area contributed by atoms with Crippen molar-refractivity contribution >= 4 is 40.4 Å². The minimum atomic E-state index is -2.52. The predicted molar refractivity (Wildman–Crippen MR) is 203 cm³/mol. The van der Waals surface area contributed by atoms with Crippen LogP contribution in [0.5, 0.6) is 69.0 Å². The molecule has 25 heteroatoms. The molecule has 340 valence electrons. The molecule has 0 radical (unpaired) electrons. The van der Waals surface area contributed by atoms with E-state index in [1.807, 2.05) is 0 Å². The number of benzene rings is 4. The van der Waals surface area contributed by atoms with E-state index in [2.05, 4.69) is 0 Å². The molecule has 0 saturated carbocycles. The number of aromatic hydroxyl groups is 12. The third-order valence-corrected chi connectivity index (χ3v) is 10.1. The van der Waals surface area contributed by atoms with E-state index in [1.54, 1.807) is 0 Å². The Morgan fingerprint density at radius 2 is 1.03 bits per heavy atom. The molecule has 2 heterocycles. The number of aliphatic hydroxyl groups is 1. The summed E-state index contributed by atoms with van der Waals surface area (Å²) in [6, 6.07) is 4.30. The minimum Gasteiger partial charge on any atom is -0.504 e. The SMILES string of the molecule is O=C(OC[C@H]1O[C@@H](OC(=O)c2cc(O)c(O)c(O)c2)[C@H](O)[C@@H](OC(=O)c2cc(O)c(O)c(O)c2)[C@@H]1OC(=O)[C@H]1CC(=O)c2oc(=O)c3cc(O)c(O)c(O)c3c21)c1cc(O)c(O)c(O)c1. The largest absolute Gasteiger partial charge is 0.504 e. The van der Waals surface area contributed by atoms with Crippen molar-refractivity contribution in [1.82, 2.24) is 0 Å². The standard InChI is InChI=1S/C40H30O25/c41-15-1-10(2-16(42)26(15)49)35(55)60-9-23-33(63-39(59)14-8-22(48)32-25(14)24-13(38(58)62-32)7-21(47)29(52)30(24)53)34(64-36(56)11-3-17(43)27(50)18(44)4-11)31(54)40(61-23)65-37(57)12-5-19(45)28(51)20(46)6-12/h1-7,14,23,31,33-34,40-47,49-54H,8-9H2/t14-,23+,31+,33+,34+,40-/m0/s1. The van der Waals surface area contributed by atoms with Gasteiger partial charge in [-0.15, -0.1) is 0 Å². The van der Waals surface area contributed by atoms with E-state index in [9.17, 15) is 95.2 Å². The molecule has 5 aromatic rings. The number of carbonyl (C=O) groups is 5. The number of rotatable bonds is 9. The van der Waals surface area contributed by atoms with Gasteiger partial charge in [0.05, 0.1) is 28.0 Å². The number of aliphatic hydroxyl groups excluding tert-OH is 1. The number of carbonyl (C=O) groups excluding carboxylic acids is 5. The van der Waals surface area contributed by atoms with Gasteiger partial charge in [0.1, 0.15) is 12.7 Å². The summed E-state index contributed by atoms with van der Waals surface area (Å²) < 4.78 is 32.4. The van der Waals surface area contributed by atoms with E-state index in [4.69, 9.17) is 28.1 Å². The molecule has 13 N–H and O–H groups in total. The maximum Gasteiger partial charge on any atom is 0.344 e. The molecule has 2 aliphatic rings. The third kappa shape index (κ3) is 7.93. The van der Waals surface area contributed by atoms with Crippen molar-refractivity contribution in [1.29, 1.82) is 0 Å². The van der Waals surface area contributed by atoms with Crippen molar-refractivity contribution < 1.29 is 118 Å². The van der Waals surface area contributed by atoms with Crippen LogP contribution in [-0.4, -0.2) is 133 Å². The fraction of sp³-hybridized carbons (Fsp3) is 0.200. The monoisotopic (exact) mass is 910 g/mol. The van der Waals surface area contributed by atoms with E-state index >= 15 is 0 Å². The first-order valence-corrected chi connectivity index (χ1v) is 18.2. The molecule has 0 bridgehead atoms. The Hall–Kier alpha value is -8.84. The molecule has 1 aromatic heterocycles. The van der Waals surface area contributed by atoms with E-state index in [1.165, 1.54) is 0 Å². The predicted octanol–water partition coefficient (Wildman–Crippen LogP) is 0.867. The second-order valence-electron chi connectivity index (χ2n) is 14.2. The molecule has 4 aromatic carbocycles.